The first-order chi connectivity index (χ1) is 12.5. The average Bonchev–Trinajstić information content (AvgIpc) is 3.22. The molecular formula is C18H22N4O4. The first-order valence-electron chi connectivity index (χ1n) is 8.47. The highest BCUT2D eigenvalue weighted by Crippen LogP contribution is 2.34. The van der Waals surface area contributed by atoms with Crippen molar-refractivity contribution in [2.45, 2.75) is 32.7 Å². The molecule has 1 saturated heterocycles. The van der Waals surface area contributed by atoms with Crippen molar-refractivity contribution in [3.63, 3.8) is 0 Å². The summed E-state index contributed by atoms with van der Waals surface area (Å²) in [5.74, 6) is 0.739. The minimum atomic E-state index is -0.510. The van der Waals surface area contributed by atoms with E-state index in [1.807, 2.05) is 12.1 Å². The highest BCUT2D eigenvalue weighted by molar-refractivity contribution is 5.97. The number of amides is 2. The van der Waals surface area contributed by atoms with Crippen molar-refractivity contribution in [2.24, 2.45) is 0 Å². The molecule has 8 heteroatoms. The van der Waals surface area contributed by atoms with Crippen LogP contribution in [0.4, 0.5) is 17.3 Å². The number of carbonyl (C=O) groups excluding carboxylic acids is 2. The number of carbonyl (C=O) groups is 2. The van der Waals surface area contributed by atoms with Crippen LogP contribution in [0.5, 0.6) is 5.75 Å². The molecule has 0 bridgehead atoms. The first kappa shape index (κ1) is 17.8. The van der Waals surface area contributed by atoms with Gasteiger partial charge in [-0.05, 0) is 32.4 Å². The standard InChI is InChI=1S/C18H22N4O4/c1-11-9-16(26-21-11)20-18(24)12(2)19-13-6-7-14(15(10-13)25-3)22-8-4-5-17(22)23/h6-7,9-10,12,19H,4-5,8H2,1-3H3,(H,20,24). The lowest BCUT2D eigenvalue weighted by molar-refractivity contribution is -0.117. The number of hydrogen-bond donors (Lipinski definition) is 2. The molecule has 8 nitrogen and oxygen atoms in total. The van der Waals surface area contributed by atoms with Crippen LogP contribution in [0.15, 0.2) is 28.8 Å². The second kappa shape index (κ2) is 7.47. The van der Waals surface area contributed by atoms with E-state index in [4.69, 9.17) is 9.26 Å². The maximum atomic E-state index is 12.3. The van der Waals surface area contributed by atoms with E-state index >= 15 is 0 Å². The van der Waals surface area contributed by atoms with Crippen LogP contribution in [-0.4, -0.2) is 36.7 Å². The summed E-state index contributed by atoms with van der Waals surface area (Å²) in [5.41, 5.74) is 2.15. The van der Waals surface area contributed by atoms with Gasteiger partial charge in [0.1, 0.15) is 11.8 Å². The van der Waals surface area contributed by atoms with Gasteiger partial charge in [0.05, 0.1) is 18.5 Å². The highest BCUT2D eigenvalue weighted by atomic mass is 16.5. The monoisotopic (exact) mass is 358 g/mol. The van der Waals surface area contributed by atoms with Gasteiger partial charge in [0.15, 0.2) is 0 Å². The largest absolute Gasteiger partial charge is 0.494 e. The molecule has 138 valence electrons. The smallest absolute Gasteiger partial charge is 0.248 e. The Morgan fingerprint density at radius 2 is 2.19 bits per heavy atom. The summed E-state index contributed by atoms with van der Waals surface area (Å²) in [5, 5.41) is 9.50. The molecule has 2 aromatic rings. The Labute approximate surface area is 151 Å². The predicted octanol–water partition coefficient (Wildman–Crippen LogP) is 2.56. The third-order valence-corrected chi connectivity index (χ3v) is 4.19. The molecule has 0 spiro atoms. The lowest BCUT2D eigenvalue weighted by atomic mass is 10.2. The fraction of sp³-hybridized carbons (Fsp3) is 0.389. The summed E-state index contributed by atoms with van der Waals surface area (Å²) in [6.07, 6.45) is 1.40. The molecule has 1 unspecified atom stereocenters. The summed E-state index contributed by atoms with van der Waals surface area (Å²) >= 11 is 0. The SMILES string of the molecule is COc1cc(NC(C)C(=O)Nc2cc(C)no2)ccc1N1CCCC1=O. The Balaban J connectivity index is 1.69. The summed E-state index contributed by atoms with van der Waals surface area (Å²) < 4.78 is 10.4. The lowest BCUT2D eigenvalue weighted by Gasteiger charge is -2.21. The number of benzene rings is 1. The average molecular weight is 358 g/mol. The van der Waals surface area contributed by atoms with Crippen molar-refractivity contribution in [2.75, 3.05) is 29.2 Å². The summed E-state index contributed by atoms with van der Waals surface area (Å²) in [4.78, 5) is 25.9. The minimum Gasteiger partial charge on any atom is -0.494 e. The van der Waals surface area contributed by atoms with Crippen molar-refractivity contribution in [3.05, 3.63) is 30.0 Å². The van der Waals surface area contributed by atoms with Gasteiger partial charge in [-0.1, -0.05) is 5.16 Å². The van der Waals surface area contributed by atoms with Crippen molar-refractivity contribution in [1.82, 2.24) is 5.16 Å². The Morgan fingerprint density at radius 3 is 2.81 bits per heavy atom. The summed E-state index contributed by atoms with van der Waals surface area (Å²) in [7, 11) is 1.56. The van der Waals surface area contributed by atoms with E-state index in [9.17, 15) is 9.59 Å². The normalized spacial score (nSPS) is 15.0. The van der Waals surface area contributed by atoms with Crippen molar-refractivity contribution in [3.8, 4) is 5.75 Å². The van der Waals surface area contributed by atoms with Crippen LogP contribution < -0.4 is 20.3 Å². The van der Waals surface area contributed by atoms with Crippen LogP contribution in [0.2, 0.25) is 0 Å². The van der Waals surface area contributed by atoms with Gasteiger partial charge in [0, 0.05) is 30.8 Å². The number of nitrogens with one attached hydrogen (secondary N) is 2. The number of aromatic nitrogens is 1. The van der Waals surface area contributed by atoms with E-state index in [1.54, 1.807) is 38.0 Å². The number of aryl methyl sites for hydroxylation is 1. The molecule has 1 aliphatic heterocycles. The number of anilines is 3. The molecule has 2 amide bonds. The van der Waals surface area contributed by atoms with Crippen molar-refractivity contribution >= 4 is 29.1 Å². The molecule has 3 rings (SSSR count). The van der Waals surface area contributed by atoms with E-state index in [1.165, 1.54) is 0 Å². The van der Waals surface area contributed by atoms with Crippen LogP contribution in [0.1, 0.15) is 25.5 Å². The molecule has 2 heterocycles. The molecule has 1 atom stereocenters. The molecule has 1 aliphatic rings. The zero-order valence-corrected chi connectivity index (χ0v) is 15.0. The second-order valence-electron chi connectivity index (χ2n) is 6.22. The van der Waals surface area contributed by atoms with Crippen molar-refractivity contribution < 1.29 is 18.8 Å². The number of methoxy groups -OCH3 is 1. The van der Waals surface area contributed by atoms with Crippen LogP contribution in [-0.2, 0) is 9.59 Å². The van der Waals surface area contributed by atoms with Crippen LogP contribution >= 0.6 is 0 Å². The third-order valence-electron chi connectivity index (χ3n) is 4.19. The molecule has 26 heavy (non-hydrogen) atoms. The van der Waals surface area contributed by atoms with Crippen LogP contribution in [0.3, 0.4) is 0 Å². The molecule has 0 saturated carbocycles. The van der Waals surface area contributed by atoms with Gasteiger partial charge in [-0.25, -0.2) is 0 Å². The van der Waals surface area contributed by atoms with E-state index in [0.717, 1.165) is 12.1 Å². The molecule has 0 radical (unpaired) electrons. The van der Waals surface area contributed by atoms with Crippen molar-refractivity contribution in [1.29, 1.82) is 0 Å². The molecule has 0 aliphatic carbocycles. The first-order valence-corrected chi connectivity index (χ1v) is 8.47. The topological polar surface area (TPSA) is 96.7 Å². The Kier molecular flexibility index (Phi) is 5.11. The maximum Gasteiger partial charge on any atom is 0.248 e. The van der Waals surface area contributed by atoms with Gasteiger partial charge in [0.2, 0.25) is 17.7 Å². The Bertz CT molecular complexity index is 817. The zero-order valence-electron chi connectivity index (χ0n) is 15.0. The van der Waals surface area contributed by atoms with E-state index in [-0.39, 0.29) is 11.8 Å². The van der Waals surface area contributed by atoms with Gasteiger partial charge in [0.25, 0.3) is 0 Å². The van der Waals surface area contributed by atoms with E-state index in [2.05, 4.69) is 15.8 Å². The zero-order chi connectivity index (χ0) is 18.7. The minimum absolute atomic E-state index is 0.0964. The summed E-state index contributed by atoms with van der Waals surface area (Å²) in [6.45, 7) is 4.21. The Hall–Kier alpha value is -3.03. The predicted molar refractivity (Wildman–Crippen MR) is 97.5 cm³/mol. The van der Waals surface area contributed by atoms with Crippen LogP contribution in [0, 0.1) is 6.92 Å². The number of nitrogens with zero attached hydrogens (tertiary/aromatic N) is 2. The quantitative estimate of drug-likeness (QED) is 0.824. The second-order valence-corrected chi connectivity index (χ2v) is 6.22. The maximum absolute atomic E-state index is 12.3. The molecule has 1 aromatic carbocycles. The van der Waals surface area contributed by atoms with Crippen LogP contribution in [0.25, 0.3) is 0 Å². The fourth-order valence-electron chi connectivity index (χ4n) is 2.86. The molecule has 1 aromatic heterocycles. The van der Waals surface area contributed by atoms with E-state index in [0.29, 0.717) is 36.0 Å². The molecule has 2 N–H and O–H groups in total. The van der Waals surface area contributed by atoms with Gasteiger partial charge < -0.3 is 19.5 Å². The van der Waals surface area contributed by atoms with Gasteiger partial charge in [-0.15, -0.1) is 0 Å². The number of rotatable bonds is 6. The number of ether oxygens (including phenoxy) is 1. The van der Waals surface area contributed by atoms with E-state index < -0.39 is 6.04 Å². The molecule has 1 fully saturated rings. The fourth-order valence-corrected chi connectivity index (χ4v) is 2.86. The van der Waals surface area contributed by atoms with Gasteiger partial charge in [-0.2, -0.15) is 0 Å². The van der Waals surface area contributed by atoms with Gasteiger partial charge in [-0.3, -0.25) is 14.9 Å². The summed E-state index contributed by atoms with van der Waals surface area (Å²) in [6, 6.07) is 6.57. The highest BCUT2D eigenvalue weighted by Gasteiger charge is 2.25. The third kappa shape index (κ3) is 3.79. The molecular weight excluding hydrogens is 336 g/mol. The van der Waals surface area contributed by atoms with Gasteiger partial charge >= 0.3 is 0 Å². The lowest BCUT2D eigenvalue weighted by Crippen LogP contribution is -2.31. The Morgan fingerprint density at radius 1 is 1.38 bits per heavy atom. The number of hydrogen-bond acceptors (Lipinski definition) is 6.